The number of nitrogens with zero attached hydrogens (tertiary/aromatic N) is 2. The molecule has 0 aliphatic rings. The van der Waals surface area contributed by atoms with Crippen molar-refractivity contribution in [3.8, 4) is 0 Å². The number of rotatable bonds is 5. The molecule has 1 N–H and O–H groups in total. The molecule has 0 aliphatic carbocycles. The molecule has 0 fully saturated rings. The number of imidazole rings is 1. The zero-order chi connectivity index (χ0) is 16.4. The molecule has 0 saturated heterocycles. The van der Waals surface area contributed by atoms with Gasteiger partial charge in [0.1, 0.15) is 0 Å². The zero-order valence-corrected chi connectivity index (χ0v) is 14.4. The highest BCUT2D eigenvalue weighted by molar-refractivity contribution is 7.15. The Labute approximate surface area is 144 Å². The summed E-state index contributed by atoms with van der Waals surface area (Å²) in [6, 6.07) is 3.82. The van der Waals surface area contributed by atoms with Gasteiger partial charge in [0.05, 0.1) is 6.54 Å². The maximum atomic E-state index is 12.2. The third-order valence-corrected chi connectivity index (χ3v) is 4.98. The van der Waals surface area contributed by atoms with Gasteiger partial charge in [-0.2, -0.15) is 0 Å². The summed E-state index contributed by atoms with van der Waals surface area (Å²) in [6.45, 7) is 1.92. The Morgan fingerprint density at radius 3 is 3.00 bits per heavy atom. The van der Waals surface area contributed by atoms with Crippen molar-refractivity contribution in [2.24, 2.45) is 0 Å². The van der Waals surface area contributed by atoms with Gasteiger partial charge in [-0.3, -0.25) is 9.20 Å². The summed E-state index contributed by atoms with van der Waals surface area (Å²) in [5.41, 5.74) is 0.126. The highest BCUT2D eigenvalue weighted by Gasteiger charge is 2.24. The first-order valence-corrected chi connectivity index (χ1v) is 8.82. The topological polar surface area (TPSA) is 72.7 Å². The van der Waals surface area contributed by atoms with Crippen molar-refractivity contribution in [2.75, 3.05) is 0 Å². The van der Waals surface area contributed by atoms with E-state index in [1.54, 1.807) is 27.3 Å². The summed E-state index contributed by atoms with van der Waals surface area (Å²) in [5, 5.41) is 6.50. The second-order valence-electron chi connectivity index (χ2n) is 4.65. The van der Waals surface area contributed by atoms with Crippen molar-refractivity contribution in [3.05, 3.63) is 44.8 Å². The number of thiazole rings is 1. The van der Waals surface area contributed by atoms with Crippen LogP contribution in [0.4, 0.5) is 0 Å². The maximum Gasteiger partial charge on any atom is 0.359 e. The molecule has 120 valence electrons. The third-order valence-electron chi connectivity index (χ3n) is 3.08. The molecule has 9 heteroatoms. The van der Waals surface area contributed by atoms with E-state index in [0.717, 1.165) is 4.88 Å². The van der Waals surface area contributed by atoms with Crippen molar-refractivity contribution >= 4 is 51.1 Å². The first kappa shape index (κ1) is 16.0. The lowest BCUT2D eigenvalue weighted by molar-refractivity contribution is -0.129. The van der Waals surface area contributed by atoms with E-state index in [1.807, 2.05) is 17.5 Å². The molecule has 0 unspecified atom stereocenters. The summed E-state index contributed by atoms with van der Waals surface area (Å²) >= 11 is 8.87. The van der Waals surface area contributed by atoms with Crippen molar-refractivity contribution in [2.45, 2.75) is 19.6 Å². The number of carbonyl (C=O) groups is 2. The van der Waals surface area contributed by atoms with Crippen molar-refractivity contribution in [1.29, 1.82) is 0 Å². The van der Waals surface area contributed by atoms with Crippen molar-refractivity contribution in [3.63, 3.8) is 0 Å². The average molecular weight is 370 g/mol. The van der Waals surface area contributed by atoms with Gasteiger partial charge in [-0.15, -0.1) is 22.7 Å². The molecule has 0 aromatic carbocycles. The molecule has 3 heterocycles. The SMILES string of the molecule is C[C@@H](OC(=O)c1c(Cl)nc2sccn12)C(=O)NCc1cccs1. The molecule has 3 rings (SSSR count). The highest BCUT2D eigenvalue weighted by Crippen LogP contribution is 2.22. The van der Waals surface area contributed by atoms with E-state index < -0.39 is 12.1 Å². The van der Waals surface area contributed by atoms with Crippen LogP contribution in [0.1, 0.15) is 22.3 Å². The Bertz CT molecular complexity index is 841. The minimum Gasteiger partial charge on any atom is -0.448 e. The van der Waals surface area contributed by atoms with Gasteiger partial charge < -0.3 is 10.1 Å². The molecular formula is C14H12ClN3O3S2. The molecule has 3 aromatic heterocycles. The summed E-state index contributed by atoms with van der Waals surface area (Å²) in [6.07, 6.45) is 0.750. The Balaban J connectivity index is 1.63. The van der Waals surface area contributed by atoms with Gasteiger partial charge in [-0.1, -0.05) is 17.7 Å². The minimum atomic E-state index is -0.928. The molecule has 0 bridgehead atoms. The van der Waals surface area contributed by atoms with Crippen molar-refractivity contribution in [1.82, 2.24) is 14.7 Å². The molecule has 23 heavy (non-hydrogen) atoms. The van der Waals surface area contributed by atoms with Crippen LogP contribution >= 0.6 is 34.3 Å². The lowest BCUT2D eigenvalue weighted by Gasteiger charge is -2.12. The number of carbonyl (C=O) groups excluding carboxylic acids is 2. The van der Waals surface area contributed by atoms with Crippen LogP contribution in [-0.4, -0.2) is 27.4 Å². The fraction of sp³-hybridized carbons (Fsp3) is 0.214. The Morgan fingerprint density at radius 2 is 2.26 bits per heavy atom. The van der Waals surface area contributed by atoms with Gasteiger partial charge in [0.2, 0.25) is 0 Å². The van der Waals surface area contributed by atoms with Crippen LogP contribution in [0.15, 0.2) is 29.1 Å². The molecule has 1 atom stereocenters. The molecule has 6 nitrogen and oxygen atoms in total. The van der Waals surface area contributed by atoms with E-state index in [0.29, 0.717) is 11.5 Å². The van der Waals surface area contributed by atoms with Gasteiger partial charge >= 0.3 is 5.97 Å². The molecule has 1 amide bonds. The van der Waals surface area contributed by atoms with Crippen LogP contribution in [0.2, 0.25) is 5.15 Å². The quantitative estimate of drug-likeness (QED) is 0.702. The van der Waals surface area contributed by atoms with E-state index in [1.165, 1.54) is 18.3 Å². The van der Waals surface area contributed by atoms with Crippen LogP contribution in [0.3, 0.4) is 0 Å². The van der Waals surface area contributed by atoms with Crippen LogP contribution < -0.4 is 5.32 Å². The highest BCUT2D eigenvalue weighted by atomic mass is 35.5. The minimum absolute atomic E-state index is 0.0630. The normalized spacial score (nSPS) is 12.3. The smallest absolute Gasteiger partial charge is 0.359 e. The van der Waals surface area contributed by atoms with E-state index in [4.69, 9.17) is 16.3 Å². The fourth-order valence-corrected chi connectivity index (χ4v) is 3.60. The molecule has 0 saturated carbocycles. The molecule has 3 aromatic rings. The molecule has 0 aliphatic heterocycles. The summed E-state index contributed by atoms with van der Waals surface area (Å²) in [5.74, 6) is -1.05. The summed E-state index contributed by atoms with van der Waals surface area (Å²) < 4.78 is 6.74. The predicted octanol–water partition coefficient (Wildman–Crippen LogP) is 2.97. The first-order chi connectivity index (χ1) is 11.1. The van der Waals surface area contributed by atoms with Gasteiger partial charge in [-0.05, 0) is 18.4 Å². The van der Waals surface area contributed by atoms with Gasteiger partial charge in [-0.25, -0.2) is 9.78 Å². The monoisotopic (exact) mass is 369 g/mol. The van der Waals surface area contributed by atoms with E-state index in [2.05, 4.69) is 10.3 Å². The number of halogens is 1. The van der Waals surface area contributed by atoms with Crippen LogP contribution in [0.25, 0.3) is 4.96 Å². The number of nitrogens with one attached hydrogen (secondary N) is 1. The second-order valence-corrected chi connectivity index (χ2v) is 6.91. The fourth-order valence-electron chi connectivity index (χ4n) is 1.94. The number of hydrogen-bond acceptors (Lipinski definition) is 6. The van der Waals surface area contributed by atoms with E-state index in [-0.39, 0.29) is 16.8 Å². The van der Waals surface area contributed by atoms with Crippen molar-refractivity contribution < 1.29 is 14.3 Å². The van der Waals surface area contributed by atoms with Gasteiger partial charge in [0, 0.05) is 16.5 Å². The Morgan fingerprint density at radius 1 is 1.43 bits per heavy atom. The number of hydrogen-bond donors (Lipinski definition) is 1. The van der Waals surface area contributed by atoms with Crippen LogP contribution in [-0.2, 0) is 16.1 Å². The largest absolute Gasteiger partial charge is 0.448 e. The Hall–Kier alpha value is -1.90. The number of aromatic nitrogens is 2. The predicted molar refractivity (Wildman–Crippen MR) is 89.1 cm³/mol. The summed E-state index contributed by atoms with van der Waals surface area (Å²) in [7, 11) is 0. The van der Waals surface area contributed by atoms with E-state index >= 15 is 0 Å². The second kappa shape index (κ2) is 6.69. The van der Waals surface area contributed by atoms with Gasteiger partial charge in [0.25, 0.3) is 5.91 Å². The van der Waals surface area contributed by atoms with Gasteiger partial charge in [0.15, 0.2) is 21.9 Å². The molecule has 0 radical (unpaired) electrons. The molecular weight excluding hydrogens is 358 g/mol. The molecule has 0 spiro atoms. The lowest BCUT2D eigenvalue weighted by atomic mass is 10.3. The third kappa shape index (κ3) is 3.39. The Kier molecular flexibility index (Phi) is 4.65. The van der Waals surface area contributed by atoms with Crippen LogP contribution in [0, 0.1) is 0 Å². The maximum absolute atomic E-state index is 12.2. The average Bonchev–Trinajstić information content (AvgIpc) is 3.20. The first-order valence-electron chi connectivity index (χ1n) is 6.68. The number of esters is 1. The number of fused-ring (bicyclic) bond motifs is 1. The zero-order valence-electron chi connectivity index (χ0n) is 12.0. The number of amides is 1. The lowest BCUT2D eigenvalue weighted by Crippen LogP contribution is -2.35. The number of ether oxygens (including phenoxy) is 1. The van der Waals surface area contributed by atoms with Crippen LogP contribution in [0.5, 0.6) is 0 Å². The number of thiophene rings is 1. The standard InChI is InChI=1S/C14H12ClN3O3S2/c1-8(12(19)16-7-9-3-2-5-22-9)21-13(20)10-11(15)17-14-18(10)4-6-23-14/h2-6,8H,7H2,1H3,(H,16,19)/t8-/m1/s1. The van der Waals surface area contributed by atoms with E-state index in [9.17, 15) is 9.59 Å². The summed E-state index contributed by atoms with van der Waals surface area (Å²) in [4.78, 5) is 29.9.